The van der Waals surface area contributed by atoms with E-state index in [9.17, 15) is 9.90 Å². The number of aromatic nitrogens is 1. The molecule has 0 radical (unpaired) electrons. The molecule has 1 aromatic heterocycles. The van der Waals surface area contributed by atoms with E-state index in [1.165, 1.54) is 0 Å². The first-order valence-electron chi connectivity index (χ1n) is 11.4. The van der Waals surface area contributed by atoms with Gasteiger partial charge in [0, 0.05) is 46.7 Å². The maximum atomic E-state index is 13.7. The summed E-state index contributed by atoms with van der Waals surface area (Å²) in [6.07, 6.45) is 0. The van der Waals surface area contributed by atoms with Gasteiger partial charge in [0.25, 0.3) is 5.91 Å². The molecule has 7 heteroatoms. The predicted molar refractivity (Wildman–Crippen MR) is 138 cm³/mol. The molecule has 0 unspecified atom stereocenters. The number of amides is 1. The van der Waals surface area contributed by atoms with Crippen LogP contribution in [0.4, 0.5) is 5.69 Å². The molecule has 1 amide bonds. The van der Waals surface area contributed by atoms with Crippen molar-refractivity contribution in [1.29, 1.82) is 0 Å². The maximum Gasteiger partial charge on any atom is 0.274 e. The third kappa shape index (κ3) is 3.97. The molecule has 2 N–H and O–H groups in total. The fourth-order valence-electron chi connectivity index (χ4n) is 4.74. The zero-order valence-corrected chi connectivity index (χ0v) is 20.3. The number of benzene rings is 3. The molecule has 0 spiro atoms. The quantitative estimate of drug-likeness (QED) is 0.368. The molecule has 2 heterocycles. The Kier molecular flexibility index (Phi) is 5.88. The number of rotatable bonds is 6. The van der Waals surface area contributed by atoms with Crippen LogP contribution in [0.2, 0.25) is 0 Å². The Labute approximate surface area is 203 Å². The number of hydrogen-bond donors (Lipinski definition) is 2. The SMILES string of the molecule is C[C@H](Cl)[C@H]1CN(C(=O)c2cc3cc(OCCN(C)C)ccc3[nH]2)c2cc(O)c3ccccc3c21. The summed E-state index contributed by atoms with van der Waals surface area (Å²) in [5.41, 5.74) is 3.08. The van der Waals surface area contributed by atoms with Crippen LogP contribution < -0.4 is 9.64 Å². The van der Waals surface area contributed by atoms with Gasteiger partial charge in [0.05, 0.1) is 5.69 Å². The lowest BCUT2D eigenvalue weighted by Crippen LogP contribution is -2.31. The minimum atomic E-state index is -0.172. The standard InChI is InChI=1S/C27H28ClN3O3/c1-16(28)21-15-31(24-14-25(32)19-6-4-5-7-20(19)26(21)24)27(33)23-13-17-12-18(8-9-22(17)29-23)34-11-10-30(2)3/h4-9,12-14,16,21,29,32H,10-11,15H2,1-3H3/t16-,21+/m0/s1. The summed E-state index contributed by atoms with van der Waals surface area (Å²) in [4.78, 5) is 20.7. The van der Waals surface area contributed by atoms with Gasteiger partial charge in [-0.25, -0.2) is 0 Å². The van der Waals surface area contributed by atoms with Crippen molar-refractivity contribution in [2.45, 2.75) is 18.2 Å². The first-order valence-corrected chi connectivity index (χ1v) is 11.9. The summed E-state index contributed by atoms with van der Waals surface area (Å²) >= 11 is 6.59. The van der Waals surface area contributed by atoms with Crippen LogP contribution in [-0.2, 0) is 0 Å². The van der Waals surface area contributed by atoms with E-state index in [0.29, 0.717) is 24.5 Å². The Morgan fingerprint density at radius 3 is 2.71 bits per heavy atom. The van der Waals surface area contributed by atoms with Gasteiger partial charge < -0.3 is 24.6 Å². The average Bonchev–Trinajstić information content (AvgIpc) is 3.40. The summed E-state index contributed by atoms with van der Waals surface area (Å²) in [6.45, 7) is 3.83. The van der Waals surface area contributed by atoms with Crippen molar-refractivity contribution in [1.82, 2.24) is 9.88 Å². The number of halogens is 1. The number of alkyl halides is 1. The normalized spacial score (nSPS) is 16.4. The molecule has 176 valence electrons. The Balaban J connectivity index is 1.49. The zero-order valence-electron chi connectivity index (χ0n) is 19.5. The number of hydrogen-bond acceptors (Lipinski definition) is 4. The first kappa shape index (κ1) is 22.6. The van der Waals surface area contributed by atoms with E-state index in [4.69, 9.17) is 16.3 Å². The number of phenols is 1. The number of likely N-dealkylation sites (N-methyl/N-ethyl adjacent to an activating group) is 1. The Morgan fingerprint density at radius 2 is 1.97 bits per heavy atom. The molecule has 3 aromatic carbocycles. The number of aromatic amines is 1. The van der Waals surface area contributed by atoms with Crippen molar-refractivity contribution < 1.29 is 14.6 Å². The summed E-state index contributed by atoms with van der Waals surface area (Å²) in [7, 11) is 4.01. The predicted octanol–water partition coefficient (Wildman–Crippen LogP) is 5.34. The van der Waals surface area contributed by atoms with Gasteiger partial charge in [-0.05, 0) is 56.2 Å². The maximum absolute atomic E-state index is 13.7. The number of phenolic OH excluding ortho intramolecular Hbond substituents is 1. The molecule has 4 aromatic rings. The molecular formula is C27H28ClN3O3. The topological polar surface area (TPSA) is 68.8 Å². The minimum absolute atomic E-state index is 0.0350. The lowest BCUT2D eigenvalue weighted by Gasteiger charge is -2.18. The molecule has 2 atom stereocenters. The van der Waals surface area contributed by atoms with Gasteiger partial charge in [-0.15, -0.1) is 11.6 Å². The third-order valence-corrected chi connectivity index (χ3v) is 6.82. The van der Waals surface area contributed by atoms with Crippen LogP contribution in [0.15, 0.2) is 54.6 Å². The van der Waals surface area contributed by atoms with E-state index in [1.54, 1.807) is 11.0 Å². The van der Waals surface area contributed by atoms with E-state index in [0.717, 1.165) is 39.5 Å². The van der Waals surface area contributed by atoms with Crippen LogP contribution in [0.3, 0.4) is 0 Å². The number of ether oxygens (including phenoxy) is 1. The van der Waals surface area contributed by atoms with Crippen molar-refractivity contribution in [2.75, 3.05) is 38.7 Å². The smallest absolute Gasteiger partial charge is 0.274 e. The van der Waals surface area contributed by atoms with Crippen LogP contribution in [0.1, 0.15) is 28.9 Å². The van der Waals surface area contributed by atoms with Crippen LogP contribution >= 0.6 is 11.6 Å². The highest BCUT2D eigenvalue weighted by atomic mass is 35.5. The van der Waals surface area contributed by atoms with E-state index in [1.807, 2.05) is 69.6 Å². The summed E-state index contributed by atoms with van der Waals surface area (Å²) in [5, 5.41) is 13.1. The van der Waals surface area contributed by atoms with E-state index < -0.39 is 0 Å². The Morgan fingerprint density at radius 1 is 1.21 bits per heavy atom. The van der Waals surface area contributed by atoms with E-state index in [-0.39, 0.29) is 23.0 Å². The summed E-state index contributed by atoms with van der Waals surface area (Å²) in [5.74, 6) is 0.742. The molecule has 0 saturated carbocycles. The van der Waals surface area contributed by atoms with E-state index in [2.05, 4.69) is 9.88 Å². The van der Waals surface area contributed by atoms with Crippen LogP contribution in [0, 0.1) is 0 Å². The van der Waals surface area contributed by atoms with Gasteiger partial charge in [0.1, 0.15) is 23.8 Å². The molecule has 34 heavy (non-hydrogen) atoms. The number of aromatic hydroxyl groups is 1. The summed E-state index contributed by atoms with van der Waals surface area (Å²) < 4.78 is 5.84. The molecule has 6 nitrogen and oxygen atoms in total. The second-order valence-electron chi connectivity index (χ2n) is 9.16. The number of nitrogens with zero attached hydrogens (tertiary/aromatic N) is 2. The number of fused-ring (bicyclic) bond motifs is 4. The molecule has 1 aliphatic rings. The number of nitrogens with one attached hydrogen (secondary N) is 1. The van der Waals surface area contributed by atoms with Crippen molar-refractivity contribution in [3.05, 3.63) is 65.9 Å². The van der Waals surface area contributed by atoms with Crippen LogP contribution in [0.5, 0.6) is 11.5 Å². The molecule has 0 aliphatic carbocycles. The highest BCUT2D eigenvalue weighted by Crippen LogP contribution is 2.47. The molecule has 0 saturated heterocycles. The minimum Gasteiger partial charge on any atom is -0.507 e. The lowest BCUT2D eigenvalue weighted by molar-refractivity contribution is 0.0984. The fraction of sp³-hybridized carbons (Fsp3) is 0.296. The lowest BCUT2D eigenvalue weighted by atomic mass is 9.92. The monoisotopic (exact) mass is 477 g/mol. The average molecular weight is 478 g/mol. The Hall–Kier alpha value is -3.22. The largest absolute Gasteiger partial charge is 0.507 e. The van der Waals surface area contributed by atoms with Gasteiger partial charge in [-0.1, -0.05) is 24.3 Å². The number of carbonyl (C=O) groups excluding carboxylic acids is 1. The van der Waals surface area contributed by atoms with E-state index >= 15 is 0 Å². The molecule has 1 aliphatic heterocycles. The van der Waals surface area contributed by atoms with Crippen molar-refractivity contribution in [3.63, 3.8) is 0 Å². The van der Waals surface area contributed by atoms with Crippen molar-refractivity contribution in [3.8, 4) is 11.5 Å². The number of H-pyrrole nitrogens is 1. The van der Waals surface area contributed by atoms with Gasteiger partial charge in [-0.2, -0.15) is 0 Å². The van der Waals surface area contributed by atoms with Gasteiger partial charge in [0.15, 0.2) is 0 Å². The number of anilines is 1. The third-order valence-electron chi connectivity index (χ3n) is 6.51. The summed E-state index contributed by atoms with van der Waals surface area (Å²) in [6, 6.07) is 17.0. The number of carbonyl (C=O) groups is 1. The zero-order chi connectivity index (χ0) is 24.0. The van der Waals surface area contributed by atoms with Crippen molar-refractivity contribution in [2.24, 2.45) is 0 Å². The first-order chi connectivity index (χ1) is 16.3. The molecular weight excluding hydrogens is 450 g/mol. The molecule has 0 bridgehead atoms. The fourth-order valence-corrected chi connectivity index (χ4v) is 4.94. The highest BCUT2D eigenvalue weighted by molar-refractivity contribution is 6.22. The molecule has 0 fully saturated rings. The second kappa shape index (κ2) is 8.85. The van der Waals surface area contributed by atoms with Gasteiger partial charge in [-0.3, -0.25) is 4.79 Å². The highest BCUT2D eigenvalue weighted by Gasteiger charge is 2.37. The van der Waals surface area contributed by atoms with Crippen LogP contribution in [0.25, 0.3) is 21.7 Å². The van der Waals surface area contributed by atoms with Gasteiger partial charge >= 0.3 is 0 Å². The second-order valence-corrected chi connectivity index (χ2v) is 9.85. The molecule has 5 rings (SSSR count). The van der Waals surface area contributed by atoms with Crippen LogP contribution in [-0.4, -0.2) is 60.1 Å². The Bertz CT molecular complexity index is 1380. The van der Waals surface area contributed by atoms with Crippen molar-refractivity contribution >= 4 is 44.9 Å². The van der Waals surface area contributed by atoms with Gasteiger partial charge in [0.2, 0.25) is 0 Å².